The van der Waals surface area contributed by atoms with Gasteiger partial charge in [-0.15, -0.1) is 0 Å². The Kier molecular flexibility index (Phi) is 0.651. The maximum absolute atomic E-state index is 8.41. The molecule has 38 valence electrons. The van der Waals surface area contributed by atoms with Crippen LogP contribution in [0.1, 0.15) is 0 Å². The molecule has 3 N–H and O–H groups in total. The molecule has 1 aromatic rings. The third-order valence-corrected chi connectivity index (χ3v) is 0.578. The highest BCUT2D eigenvalue weighted by molar-refractivity contribution is 5.41. The number of aromatic nitrogens is 1. The first-order chi connectivity index (χ1) is 3.30. The van der Waals surface area contributed by atoms with E-state index in [0.29, 0.717) is 0 Å². The van der Waals surface area contributed by atoms with E-state index in [9.17, 15) is 0 Å². The minimum Gasteiger partial charge on any atom is -0.478 e. The van der Waals surface area contributed by atoms with Gasteiger partial charge in [-0.1, -0.05) is 5.16 Å². The molecule has 0 aliphatic carbocycles. The highest BCUT2D eigenvalue weighted by atomic mass is 16.5. The van der Waals surface area contributed by atoms with Crippen molar-refractivity contribution in [1.82, 2.24) is 5.16 Å². The van der Waals surface area contributed by atoms with Gasteiger partial charge in [-0.25, -0.2) is 0 Å². The van der Waals surface area contributed by atoms with Crippen LogP contribution >= 0.6 is 0 Å². The van der Waals surface area contributed by atoms with Gasteiger partial charge in [0, 0.05) is 0 Å². The zero-order valence-corrected chi connectivity index (χ0v) is 3.46. The lowest BCUT2D eigenvalue weighted by Gasteiger charge is -1.76. The molecule has 1 rings (SSSR count). The first-order valence-electron chi connectivity index (χ1n) is 1.70. The minimum absolute atomic E-state index is 0.167. The normalized spacial score (nSPS) is 9.14. The van der Waals surface area contributed by atoms with Crippen molar-refractivity contribution in [3.63, 3.8) is 0 Å². The summed E-state index contributed by atoms with van der Waals surface area (Å²) >= 11 is 0. The van der Waals surface area contributed by atoms with Crippen molar-refractivity contribution in [2.45, 2.75) is 0 Å². The molecule has 0 aliphatic heterocycles. The SMILES string of the molecule is Nc1cnoc1O. The van der Waals surface area contributed by atoms with Gasteiger partial charge in [0.05, 0.1) is 6.20 Å². The van der Waals surface area contributed by atoms with Gasteiger partial charge < -0.3 is 15.4 Å². The van der Waals surface area contributed by atoms with E-state index < -0.39 is 0 Å². The molecule has 0 fully saturated rings. The van der Waals surface area contributed by atoms with Crippen LogP contribution in [0.5, 0.6) is 5.95 Å². The van der Waals surface area contributed by atoms with Gasteiger partial charge in [0.1, 0.15) is 5.69 Å². The van der Waals surface area contributed by atoms with Crippen molar-refractivity contribution in [1.29, 1.82) is 0 Å². The second kappa shape index (κ2) is 1.14. The van der Waals surface area contributed by atoms with Crippen LogP contribution in [0.2, 0.25) is 0 Å². The number of hydrogen-bond acceptors (Lipinski definition) is 4. The van der Waals surface area contributed by atoms with Crippen molar-refractivity contribution >= 4 is 5.69 Å². The van der Waals surface area contributed by atoms with Crippen LogP contribution in [0.15, 0.2) is 10.7 Å². The Hall–Kier alpha value is -1.19. The van der Waals surface area contributed by atoms with Crippen molar-refractivity contribution in [3.05, 3.63) is 6.20 Å². The highest BCUT2D eigenvalue weighted by Crippen LogP contribution is 2.15. The molecule has 0 saturated heterocycles. The smallest absolute Gasteiger partial charge is 0.332 e. The predicted octanol–water partition coefficient (Wildman–Crippen LogP) is -0.0376. The molecule has 7 heavy (non-hydrogen) atoms. The summed E-state index contributed by atoms with van der Waals surface area (Å²) in [5.74, 6) is -0.319. The number of anilines is 1. The van der Waals surface area contributed by atoms with Crippen LogP contribution in [0, 0.1) is 0 Å². The number of nitrogen functional groups attached to an aromatic ring is 1. The predicted molar refractivity (Wildman–Crippen MR) is 22.6 cm³/mol. The van der Waals surface area contributed by atoms with Crippen LogP contribution in [0.3, 0.4) is 0 Å². The maximum Gasteiger partial charge on any atom is 0.332 e. The van der Waals surface area contributed by atoms with Crippen LogP contribution in [-0.2, 0) is 0 Å². The second-order valence-corrected chi connectivity index (χ2v) is 1.09. The Morgan fingerprint density at radius 3 is 2.71 bits per heavy atom. The molecule has 1 heterocycles. The first kappa shape index (κ1) is 3.98. The molecule has 0 aliphatic rings. The molecule has 0 bridgehead atoms. The van der Waals surface area contributed by atoms with Gasteiger partial charge in [-0.2, -0.15) is 0 Å². The van der Waals surface area contributed by atoms with E-state index in [4.69, 9.17) is 10.8 Å². The van der Waals surface area contributed by atoms with Crippen LogP contribution in [0.4, 0.5) is 5.69 Å². The molecule has 1 aromatic heterocycles. The van der Waals surface area contributed by atoms with E-state index in [1.54, 1.807) is 0 Å². The molecule has 4 heteroatoms. The summed E-state index contributed by atoms with van der Waals surface area (Å²) in [7, 11) is 0. The van der Waals surface area contributed by atoms with Crippen LogP contribution in [0.25, 0.3) is 0 Å². The zero-order chi connectivity index (χ0) is 5.28. The Labute approximate surface area is 39.5 Å². The lowest BCUT2D eigenvalue weighted by Crippen LogP contribution is -1.77. The zero-order valence-electron chi connectivity index (χ0n) is 3.46. The first-order valence-corrected chi connectivity index (χ1v) is 1.70. The molecule has 4 nitrogen and oxygen atoms in total. The molecular formula is C3H4N2O2. The number of hydrogen-bond donors (Lipinski definition) is 2. The Balaban J connectivity index is 3.12. The maximum atomic E-state index is 8.41. The van der Waals surface area contributed by atoms with Gasteiger partial charge in [-0.3, -0.25) is 0 Å². The van der Waals surface area contributed by atoms with E-state index in [1.165, 1.54) is 6.20 Å². The summed E-state index contributed by atoms with van der Waals surface area (Å²) < 4.78 is 4.14. The molecule has 0 amide bonds. The van der Waals surface area contributed by atoms with Crippen molar-refractivity contribution in [3.8, 4) is 5.95 Å². The van der Waals surface area contributed by atoms with E-state index in [2.05, 4.69) is 9.68 Å². The number of nitrogens with two attached hydrogens (primary N) is 1. The Morgan fingerprint density at radius 1 is 1.86 bits per heavy atom. The van der Waals surface area contributed by atoms with E-state index >= 15 is 0 Å². The minimum atomic E-state index is -0.319. The highest BCUT2D eigenvalue weighted by Gasteiger charge is 1.96. The van der Waals surface area contributed by atoms with Gasteiger partial charge >= 0.3 is 5.95 Å². The molecule has 0 saturated carbocycles. The molecule has 0 atom stereocenters. The number of aromatic hydroxyl groups is 1. The van der Waals surface area contributed by atoms with Crippen molar-refractivity contribution in [2.75, 3.05) is 5.73 Å². The fraction of sp³-hybridized carbons (Fsp3) is 0. The third-order valence-electron chi connectivity index (χ3n) is 0.578. The Bertz CT molecular complexity index is 143. The van der Waals surface area contributed by atoms with Crippen molar-refractivity contribution < 1.29 is 9.63 Å². The average Bonchev–Trinajstić information content (AvgIpc) is 1.91. The average molecular weight is 100 g/mol. The summed E-state index contributed by atoms with van der Waals surface area (Å²) in [5.41, 5.74) is 5.20. The third kappa shape index (κ3) is 0.489. The topological polar surface area (TPSA) is 72.3 Å². The van der Waals surface area contributed by atoms with Gasteiger partial charge in [0.15, 0.2) is 0 Å². The molecular weight excluding hydrogens is 96.0 g/mol. The van der Waals surface area contributed by atoms with Crippen LogP contribution < -0.4 is 5.73 Å². The molecule has 0 radical (unpaired) electrons. The standard InChI is InChI=1S/C3H4N2O2/c4-2-1-5-7-3(2)6/h1,6H,4H2. The summed E-state index contributed by atoms with van der Waals surface area (Å²) in [6, 6.07) is 0. The quantitative estimate of drug-likeness (QED) is 0.480. The number of nitrogens with zero attached hydrogens (tertiary/aromatic N) is 1. The fourth-order valence-corrected chi connectivity index (χ4v) is 0.241. The molecule has 0 aromatic carbocycles. The monoisotopic (exact) mass is 100 g/mol. The summed E-state index contributed by atoms with van der Waals surface area (Å²) in [5, 5.41) is 11.6. The molecule has 0 spiro atoms. The lowest BCUT2D eigenvalue weighted by molar-refractivity contribution is 0.279. The second-order valence-electron chi connectivity index (χ2n) is 1.09. The van der Waals surface area contributed by atoms with Gasteiger partial charge in [0.2, 0.25) is 0 Å². The van der Waals surface area contributed by atoms with Crippen molar-refractivity contribution in [2.24, 2.45) is 0 Å². The Morgan fingerprint density at radius 2 is 2.57 bits per heavy atom. The van der Waals surface area contributed by atoms with E-state index in [-0.39, 0.29) is 11.6 Å². The fourth-order valence-electron chi connectivity index (χ4n) is 0.241. The summed E-state index contributed by atoms with van der Waals surface area (Å²) in [6.07, 6.45) is 1.23. The van der Waals surface area contributed by atoms with E-state index in [0.717, 1.165) is 0 Å². The van der Waals surface area contributed by atoms with E-state index in [1.807, 2.05) is 0 Å². The number of rotatable bonds is 0. The molecule has 0 unspecified atom stereocenters. The largest absolute Gasteiger partial charge is 0.478 e. The summed E-state index contributed by atoms with van der Waals surface area (Å²) in [4.78, 5) is 0. The lowest BCUT2D eigenvalue weighted by atomic mass is 10.6. The van der Waals surface area contributed by atoms with Gasteiger partial charge in [-0.05, 0) is 0 Å². The summed E-state index contributed by atoms with van der Waals surface area (Å²) in [6.45, 7) is 0. The van der Waals surface area contributed by atoms with Gasteiger partial charge in [0.25, 0.3) is 0 Å². The van der Waals surface area contributed by atoms with Crippen LogP contribution in [-0.4, -0.2) is 10.3 Å².